The number of ether oxygens (including phenoxy) is 1. The first-order chi connectivity index (χ1) is 18.2. The molecule has 38 heavy (non-hydrogen) atoms. The van der Waals surface area contributed by atoms with Crippen LogP contribution < -0.4 is 4.90 Å². The van der Waals surface area contributed by atoms with Gasteiger partial charge in [0.05, 0.1) is 12.7 Å². The summed E-state index contributed by atoms with van der Waals surface area (Å²) in [6.07, 6.45) is 5.29. The van der Waals surface area contributed by atoms with Crippen molar-refractivity contribution in [3.8, 4) is 11.8 Å². The summed E-state index contributed by atoms with van der Waals surface area (Å²) in [5.41, 5.74) is 5.33. The summed E-state index contributed by atoms with van der Waals surface area (Å²) in [7, 11) is 4.09. The van der Waals surface area contributed by atoms with Gasteiger partial charge in [0.1, 0.15) is 5.60 Å². The summed E-state index contributed by atoms with van der Waals surface area (Å²) in [6, 6.07) is 16.2. The highest BCUT2D eigenvalue weighted by atomic mass is 35.5. The predicted octanol–water partition coefficient (Wildman–Crippen LogP) is 6.08. The van der Waals surface area contributed by atoms with Gasteiger partial charge in [0.25, 0.3) is 0 Å². The van der Waals surface area contributed by atoms with Crippen molar-refractivity contribution in [3.63, 3.8) is 0 Å². The highest BCUT2D eigenvalue weighted by molar-refractivity contribution is 6.30. The number of nitrogens with zero attached hydrogens (tertiary/aromatic N) is 1. The van der Waals surface area contributed by atoms with E-state index in [9.17, 15) is 9.90 Å². The Bertz CT molecular complexity index is 1390. The Morgan fingerprint density at radius 3 is 2.53 bits per heavy atom. The molecule has 3 aliphatic carbocycles. The first-order valence-corrected chi connectivity index (χ1v) is 13.9. The van der Waals surface area contributed by atoms with Crippen molar-refractivity contribution in [3.05, 3.63) is 87.5 Å². The van der Waals surface area contributed by atoms with Crippen LogP contribution in [-0.4, -0.2) is 43.3 Å². The third-order valence-electron chi connectivity index (χ3n) is 9.44. The molecule has 0 saturated heterocycles. The average molecular weight is 528 g/mol. The predicted molar refractivity (Wildman–Crippen MR) is 151 cm³/mol. The Hall–Kier alpha value is -2.84. The van der Waals surface area contributed by atoms with Crippen molar-refractivity contribution >= 4 is 23.1 Å². The Labute approximate surface area is 230 Å². The van der Waals surface area contributed by atoms with E-state index in [-0.39, 0.29) is 23.7 Å². The lowest BCUT2D eigenvalue weighted by atomic mass is 9.55. The number of hydrogen-bond donors (Lipinski definition) is 1. The van der Waals surface area contributed by atoms with Crippen LogP contribution >= 0.6 is 11.6 Å². The Morgan fingerprint density at radius 2 is 1.82 bits per heavy atom. The van der Waals surface area contributed by atoms with Crippen LogP contribution in [0.15, 0.2) is 71.3 Å². The lowest BCUT2D eigenvalue weighted by molar-refractivity contribution is -0.115. The van der Waals surface area contributed by atoms with Crippen molar-refractivity contribution in [2.45, 2.75) is 56.7 Å². The zero-order chi connectivity index (χ0) is 26.7. The molecule has 0 amide bonds. The van der Waals surface area contributed by atoms with Gasteiger partial charge in [-0.15, -0.1) is 0 Å². The lowest BCUT2D eigenvalue weighted by Gasteiger charge is -2.53. The summed E-state index contributed by atoms with van der Waals surface area (Å²) in [5, 5.41) is 12.8. The number of anilines is 1. The fraction of sp³-hybridized carbons (Fsp3) is 0.424. The standard InChI is InChI=1S/C33H34ClNO3/c1-32-19-28(22-6-10-25(11-7-22)35(2)3)30-27-13-12-26(36)18-23(27)20-38-31(30)29(32)15-17-33(32,37)16-14-21-4-8-24(34)9-5-21/h4-11,18,28-29,31,37H,12-13,15,17,19-20H2,1-3H3/t28-,29?,31?,32+,33+/m1/s1. The molecule has 1 heterocycles. The van der Waals surface area contributed by atoms with Gasteiger partial charge in [0, 0.05) is 48.1 Å². The van der Waals surface area contributed by atoms with Crippen LogP contribution in [0.3, 0.4) is 0 Å². The second-order valence-electron chi connectivity index (χ2n) is 11.7. The molecular formula is C33H34ClNO3. The van der Waals surface area contributed by atoms with E-state index in [1.165, 1.54) is 16.7 Å². The number of aliphatic hydroxyl groups is 1. The molecule has 0 radical (unpaired) electrons. The number of carbonyl (C=O) groups excluding carboxylic acids is 1. The molecule has 2 aromatic carbocycles. The molecular weight excluding hydrogens is 494 g/mol. The van der Waals surface area contributed by atoms with E-state index < -0.39 is 11.0 Å². The van der Waals surface area contributed by atoms with Crippen molar-refractivity contribution in [2.24, 2.45) is 11.3 Å². The van der Waals surface area contributed by atoms with E-state index >= 15 is 0 Å². The largest absolute Gasteiger partial charge is 0.378 e. The molecule has 4 aliphatic rings. The van der Waals surface area contributed by atoms with Crippen molar-refractivity contribution < 1.29 is 14.6 Å². The minimum atomic E-state index is -1.13. The van der Waals surface area contributed by atoms with Crippen LogP contribution in [0.4, 0.5) is 5.69 Å². The van der Waals surface area contributed by atoms with E-state index in [0.29, 0.717) is 24.5 Å². The fourth-order valence-electron chi connectivity index (χ4n) is 7.23. The first kappa shape index (κ1) is 25.4. The molecule has 1 N–H and O–H groups in total. The van der Waals surface area contributed by atoms with Gasteiger partial charge in [0.15, 0.2) is 5.78 Å². The number of allylic oxidation sites excluding steroid dienone is 1. The van der Waals surface area contributed by atoms with Crippen LogP contribution in [0, 0.1) is 23.2 Å². The molecule has 5 atom stereocenters. The third-order valence-corrected chi connectivity index (χ3v) is 9.69. The third kappa shape index (κ3) is 4.13. The van der Waals surface area contributed by atoms with Crippen LogP contribution in [0.5, 0.6) is 0 Å². The van der Waals surface area contributed by atoms with Gasteiger partial charge in [-0.05, 0) is 96.4 Å². The fourth-order valence-corrected chi connectivity index (χ4v) is 7.36. The van der Waals surface area contributed by atoms with Gasteiger partial charge in [0.2, 0.25) is 0 Å². The number of hydrogen-bond acceptors (Lipinski definition) is 4. The second-order valence-corrected chi connectivity index (χ2v) is 12.2. The van der Waals surface area contributed by atoms with Gasteiger partial charge in [-0.3, -0.25) is 4.79 Å². The summed E-state index contributed by atoms with van der Waals surface area (Å²) >= 11 is 6.06. The number of ketones is 1. The molecule has 1 aliphatic heterocycles. The number of rotatable bonds is 2. The number of halogens is 1. The SMILES string of the molecule is CN(C)c1ccc([C@H]2C[C@@]3(C)C(CC[C@@]3(O)C#Cc3ccc(Cl)cc3)C3OCC4=CC(=O)CCC4=C32)cc1. The Morgan fingerprint density at radius 1 is 1.08 bits per heavy atom. The summed E-state index contributed by atoms with van der Waals surface area (Å²) in [4.78, 5) is 14.3. The summed E-state index contributed by atoms with van der Waals surface area (Å²) in [6.45, 7) is 2.67. The van der Waals surface area contributed by atoms with Gasteiger partial charge in [-0.2, -0.15) is 0 Å². The van der Waals surface area contributed by atoms with Crippen molar-refractivity contribution in [1.29, 1.82) is 0 Å². The maximum Gasteiger partial charge on any atom is 0.156 e. The van der Waals surface area contributed by atoms with E-state index in [2.05, 4.69) is 47.9 Å². The van der Waals surface area contributed by atoms with E-state index in [4.69, 9.17) is 16.3 Å². The lowest BCUT2D eigenvalue weighted by Crippen LogP contribution is -2.53. The molecule has 196 valence electrons. The van der Waals surface area contributed by atoms with Crippen molar-refractivity contribution in [2.75, 3.05) is 25.6 Å². The highest BCUT2D eigenvalue weighted by Gasteiger charge is 2.63. The molecule has 2 unspecified atom stereocenters. The number of fused-ring (bicyclic) bond motifs is 4. The summed E-state index contributed by atoms with van der Waals surface area (Å²) in [5.74, 6) is 7.00. The van der Waals surface area contributed by atoms with Gasteiger partial charge in [-0.1, -0.05) is 42.5 Å². The van der Waals surface area contributed by atoms with E-state index in [1.54, 1.807) is 6.08 Å². The molecule has 6 rings (SSSR count). The van der Waals surface area contributed by atoms with Crippen LogP contribution in [-0.2, 0) is 9.53 Å². The monoisotopic (exact) mass is 527 g/mol. The molecule has 0 spiro atoms. The van der Waals surface area contributed by atoms with Gasteiger partial charge in [-0.25, -0.2) is 0 Å². The number of carbonyl (C=O) groups is 1. The van der Waals surface area contributed by atoms with E-state index in [0.717, 1.165) is 36.1 Å². The topological polar surface area (TPSA) is 49.8 Å². The molecule has 0 bridgehead atoms. The molecule has 2 saturated carbocycles. The Kier molecular flexibility index (Phi) is 6.30. The maximum atomic E-state index is 12.2. The van der Waals surface area contributed by atoms with Crippen molar-refractivity contribution in [1.82, 2.24) is 0 Å². The van der Waals surface area contributed by atoms with Crippen LogP contribution in [0.25, 0.3) is 0 Å². The summed E-state index contributed by atoms with van der Waals surface area (Å²) < 4.78 is 6.60. The minimum Gasteiger partial charge on any atom is -0.378 e. The maximum absolute atomic E-state index is 12.2. The second kappa shape index (κ2) is 9.42. The Balaban J connectivity index is 1.45. The van der Waals surface area contributed by atoms with Crippen LogP contribution in [0.2, 0.25) is 5.02 Å². The van der Waals surface area contributed by atoms with E-state index in [1.807, 2.05) is 38.4 Å². The first-order valence-electron chi connectivity index (χ1n) is 13.6. The molecule has 2 fully saturated rings. The zero-order valence-corrected chi connectivity index (χ0v) is 23.0. The molecule has 0 aromatic heterocycles. The quantitative estimate of drug-likeness (QED) is 0.481. The van der Waals surface area contributed by atoms with Gasteiger partial charge >= 0.3 is 0 Å². The number of benzene rings is 2. The normalized spacial score (nSPS) is 32.0. The van der Waals surface area contributed by atoms with Crippen LogP contribution in [0.1, 0.15) is 56.1 Å². The molecule has 4 nitrogen and oxygen atoms in total. The average Bonchev–Trinajstić information content (AvgIpc) is 3.18. The molecule has 5 heteroatoms. The van der Waals surface area contributed by atoms with Gasteiger partial charge < -0.3 is 14.7 Å². The highest BCUT2D eigenvalue weighted by Crippen LogP contribution is 2.64. The zero-order valence-electron chi connectivity index (χ0n) is 22.3. The minimum absolute atomic E-state index is 0.0843. The molecule has 2 aromatic rings. The smallest absolute Gasteiger partial charge is 0.156 e.